The van der Waals surface area contributed by atoms with Gasteiger partial charge in [-0.15, -0.1) is 0 Å². The number of aliphatic carboxylic acids is 1. The van der Waals surface area contributed by atoms with Crippen LogP contribution in [0, 0.1) is 0 Å². The second-order valence-corrected chi connectivity index (χ2v) is 13.8. The zero-order valence-electron chi connectivity index (χ0n) is 31.4. The van der Waals surface area contributed by atoms with E-state index in [2.05, 4.69) is 44.2 Å². The Hall–Kier alpha value is -2.45. The van der Waals surface area contributed by atoms with Crippen LogP contribution >= 0.6 is 0 Å². The summed E-state index contributed by atoms with van der Waals surface area (Å²) in [4.78, 5) is 36.5. The molecule has 0 aliphatic heterocycles. The van der Waals surface area contributed by atoms with Crippen LogP contribution in [0.2, 0.25) is 0 Å². The van der Waals surface area contributed by atoms with E-state index in [0.29, 0.717) is 6.42 Å². The Morgan fingerprint density at radius 3 is 1.73 bits per heavy atom. The van der Waals surface area contributed by atoms with Gasteiger partial charge >= 0.3 is 11.9 Å². The summed E-state index contributed by atoms with van der Waals surface area (Å²) in [6.07, 6.45) is 33.4. The summed E-state index contributed by atoms with van der Waals surface area (Å²) in [7, 11) is 5.37. The van der Waals surface area contributed by atoms with Crippen molar-refractivity contribution < 1.29 is 38.2 Å². The Morgan fingerprint density at radius 1 is 0.625 bits per heavy atom. The lowest BCUT2D eigenvalue weighted by Crippen LogP contribution is -2.55. The van der Waals surface area contributed by atoms with Crippen molar-refractivity contribution in [1.29, 1.82) is 0 Å². The number of nitrogens with zero attached hydrogens (tertiary/aromatic N) is 1. The predicted octanol–water partition coefficient (Wildman–Crippen LogP) is 8.18. The molecular weight excluding hydrogens is 606 g/mol. The first-order chi connectivity index (χ1) is 23.1. The quantitative estimate of drug-likeness (QED) is 0.0227. The number of esters is 2. The fourth-order valence-corrected chi connectivity index (χ4v) is 5.25. The van der Waals surface area contributed by atoms with Crippen molar-refractivity contribution >= 4 is 17.9 Å². The normalized spacial score (nSPS) is 13.4. The Morgan fingerprint density at radius 2 is 1.15 bits per heavy atom. The summed E-state index contributed by atoms with van der Waals surface area (Å²) in [5.41, 5.74) is 0. The summed E-state index contributed by atoms with van der Waals surface area (Å²) in [5, 5.41) is 11.6. The van der Waals surface area contributed by atoms with E-state index in [1.807, 2.05) is 6.08 Å². The van der Waals surface area contributed by atoms with E-state index in [4.69, 9.17) is 14.2 Å². The molecule has 0 N–H and O–H groups in total. The van der Waals surface area contributed by atoms with Crippen molar-refractivity contribution in [3.8, 4) is 0 Å². The Bertz CT molecular complexity index is 891. The highest BCUT2D eigenvalue weighted by Crippen LogP contribution is 2.11. The van der Waals surface area contributed by atoms with E-state index < -0.39 is 18.1 Å². The monoisotopic (exact) mass is 678 g/mol. The predicted molar refractivity (Wildman–Crippen MR) is 194 cm³/mol. The Balaban J connectivity index is 4.48. The van der Waals surface area contributed by atoms with Crippen molar-refractivity contribution in [2.75, 3.05) is 41.0 Å². The van der Waals surface area contributed by atoms with Gasteiger partial charge in [-0.1, -0.05) is 115 Å². The van der Waals surface area contributed by atoms with Crippen LogP contribution in [0.3, 0.4) is 0 Å². The van der Waals surface area contributed by atoms with Gasteiger partial charge in [-0.2, -0.15) is 0 Å². The molecule has 278 valence electrons. The molecule has 0 aromatic rings. The highest BCUT2D eigenvalue weighted by molar-refractivity contribution is 5.70. The number of carbonyl (C=O) groups excluding carboxylic acids is 3. The molecule has 0 aliphatic carbocycles. The molecule has 0 heterocycles. The van der Waals surface area contributed by atoms with Crippen LogP contribution in [0.1, 0.15) is 149 Å². The van der Waals surface area contributed by atoms with Crippen LogP contribution in [-0.2, 0) is 28.6 Å². The van der Waals surface area contributed by atoms with Gasteiger partial charge < -0.3 is 28.6 Å². The van der Waals surface area contributed by atoms with Crippen molar-refractivity contribution in [3.63, 3.8) is 0 Å². The average molecular weight is 678 g/mol. The van der Waals surface area contributed by atoms with Gasteiger partial charge in [0.05, 0.1) is 40.3 Å². The van der Waals surface area contributed by atoms with Gasteiger partial charge in [0.15, 0.2) is 6.10 Å². The van der Waals surface area contributed by atoms with Crippen LogP contribution in [0.25, 0.3) is 0 Å². The molecule has 0 amide bonds. The number of carboxylic acids is 1. The van der Waals surface area contributed by atoms with Crippen LogP contribution in [0.15, 0.2) is 36.5 Å². The van der Waals surface area contributed by atoms with E-state index in [1.54, 1.807) is 21.1 Å². The minimum absolute atomic E-state index is 0.0187. The van der Waals surface area contributed by atoms with Crippen molar-refractivity contribution in [2.45, 2.75) is 161 Å². The number of unbranched alkanes of at least 4 members (excludes halogenated alkanes) is 14. The van der Waals surface area contributed by atoms with Gasteiger partial charge in [0.1, 0.15) is 12.6 Å². The summed E-state index contributed by atoms with van der Waals surface area (Å²) in [6.45, 7) is 4.52. The van der Waals surface area contributed by atoms with E-state index in [1.165, 1.54) is 64.2 Å². The number of carbonyl (C=O) groups is 3. The van der Waals surface area contributed by atoms with Crippen molar-refractivity contribution in [2.24, 2.45) is 0 Å². The highest BCUT2D eigenvalue weighted by Gasteiger charge is 2.25. The molecule has 0 aromatic heterocycles. The molecule has 0 aliphatic rings. The fourth-order valence-electron chi connectivity index (χ4n) is 5.25. The van der Waals surface area contributed by atoms with Gasteiger partial charge in [0, 0.05) is 19.3 Å². The molecule has 2 atom stereocenters. The third kappa shape index (κ3) is 29.7. The van der Waals surface area contributed by atoms with E-state index in [9.17, 15) is 19.5 Å². The van der Waals surface area contributed by atoms with E-state index in [0.717, 1.165) is 44.9 Å². The number of hydrogen-bond donors (Lipinski definition) is 0. The van der Waals surface area contributed by atoms with Gasteiger partial charge in [0.25, 0.3) is 0 Å². The second-order valence-electron chi connectivity index (χ2n) is 13.8. The minimum atomic E-state index is -1.14. The minimum Gasteiger partial charge on any atom is -0.544 e. The number of rotatable bonds is 33. The second kappa shape index (κ2) is 31.8. The van der Waals surface area contributed by atoms with Crippen LogP contribution in [0.5, 0.6) is 0 Å². The molecule has 0 aromatic carbocycles. The SMILES string of the molecule is CCCCCC/C=C/CCC(=O)OCC(COCCC(C(=O)[O-])[N+](C)(C)C)OC(=O)CCCCC/C=C/C=C/CCCCCCCCC. The Kier molecular flexibility index (Phi) is 30.2. The molecule has 0 fully saturated rings. The first kappa shape index (κ1) is 45.6. The van der Waals surface area contributed by atoms with Gasteiger partial charge in [-0.3, -0.25) is 9.59 Å². The molecule has 0 radical (unpaired) electrons. The lowest BCUT2D eigenvalue weighted by atomic mass is 10.1. The number of likely N-dealkylation sites (N-methyl/N-ethyl adjacent to an activating group) is 1. The molecule has 2 unspecified atom stereocenters. The van der Waals surface area contributed by atoms with Gasteiger partial charge in [0.2, 0.25) is 0 Å². The lowest BCUT2D eigenvalue weighted by molar-refractivity contribution is -0.889. The topological polar surface area (TPSA) is 102 Å². The van der Waals surface area contributed by atoms with Crippen LogP contribution < -0.4 is 5.11 Å². The first-order valence-corrected chi connectivity index (χ1v) is 19.0. The largest absolute Gasteiger partial charge is 0.544 e. The molecule has 0 bridgehead atoms. The summed E-state index contributed by atoms with van der Waals surface area (Å²) in [5.74, 6) is -1.84. The number of hydrogen-bond acceptors (Lipinski definition) is 7. The van der Waals surface area contributed by atoms with Crippen molar-refractivity contribution in [3.05, 3.63) is 36.5 Å². The molecule has 8 nitrogen and oxygen atoms in total. The maximum absolute atomic E-state index is 12.6. The third-order valence-electron chi connectivity index (χ3n) is 8.29. The van der Waals surface area contributed by atoms with Gasteiger partial charge in [-0.25, -0.2) is 0 Å². The smallest absolute Gasteiger partial charge is 0.306 e. The van der Waals surface area contributed by atoms with Crippen LogP contribution in [-0.4, -0.2) is 75.5 Å². The number of allylic oxidation sites excluding steroid dienone is 6. The standard InChI is InChI=1S/C40H71NO7/c1-6-8-10-12-14-16-17-18-19-20-21-22-23-25-27-29-31-39(43)48-36(34-46-33-32-37(40(44)45)41(3,4)5)35-47-38(42)30-28-26-24-15-13-11-9-7-2/h19-22,24,26,36-37H,6-18,23,25,27-35H2,1-5H3/b20-19+,22-21+,26-24+. The van der Waals surface area contributed by atoms with E-state index in [-0.39, 0.29) is 55.5 Å². The fraction of sp³-hybridized carbons (Fsp3) is 0.775. The summed E-state index contributed by atoms with van der Waals surface area (Å²) < 4.78 is 17.0. The first-order valence-electron chi connectivity index (χ1n) is 19.0. The summed E-state index contributed by atoms with van der Waals surface area (Å²) >= 11 is 0. The zero-order chi connectivity index (χ0) is 35.7. The van der Waals surface area contributed by atoms with Crippen LogP contribution in [0.4, 0.5) is 0 Å². The zero-order valence-corrected chi connectivity index (χ0v) is 31.4. The number of ether oxygens (including phenoxy) is 3. The third-order valence-corrected chi connectivity index (χ3v) is 8.29. The summed E-state index contributed by atoms with van der Waals surface area (Å²) in [6, 6.07) is -0.732. The number of quaternary nitrogens is 1. The van der Waals surface area contributed by atoms with E-state index >= 15 is 0 Å². The molecular formula is C40H71NO7. The van der Waals surface area contributed by atoms with Crippen molar-refractivity contribution in [1.82, 2.24) is 0 Å². The molecule has 8 heteroatoms. The molecule has 0 spiro atoms. The average Bonchev–Trinajstić information content (AvgIpc) is 3.03. The lowest BCUT2D eigenvalue weighted by Gasteiger charge is -2.34. The Labute approximate surface area is 293 Å². The molecule has 0 saturated carbocycles. The maximum Gasteiger partial charge on any atom is 0.306 e. The number of carboxylic acid groups (broad SMARTS) is 1. The molecule has 0 rings (SSSR count). The highest BCUT2D eigenvalue weighted by atomic mass is 16.6. The van der Waals surface area contributed by atoms with Gasteiger partial charge in [-0.05, 0) is 51.4 Å². The molecule has 0 saturated heterocycles. The molecule has 48 heavy (non-hydrogen) atoms. The maximum atomic E-state index is 12.6.